The molecule has 0 saturated heterocycles. The van der Waals surface area contributed by atoms with Crippen molar-refractivity contribution < 1.29 is 19.4 Å². The summed E-state index contributed by atoms with van der Waals surface area (Å²) in [7, 11) is 0. The van der Waals surface area contributed by atoms with Crippen molar-refractivity contribution in [1.29, 1.82) is 0 Å². The standard InChI is InChI=1S/C29H43N3O4/c1-5-21(4)27(29(35)31-17-22-12-8-6-9-13-22)32-28(34)24(20(2)3)16-26(33)25(30)19-36-18-23-14-10-7-11-15-23/h6-15,20-21,24-27,33H,5,16-19,30H2,1-4H3,(H,31,35)(H,32,34)/t21?,24-,25-,26-,27-/m0/s1. The molecule has 0 aliphatic heterocycles. The van der Waals surface area contributed by atoms with Gasteiger partial charge in [0, 0.05) is 12.5 Å². The maximum Gasteiger partial charge on any atom is 0.243 e. The predicted octanol–water partition coefficient (Wildman–Crippen LogP) is 3.40. The van der Waals surface area contributed by atoms with Crippen LogP contribution in [0.25, 0.3) is 0 Å². The Kier molecular flexibility index (Phi) is 12.6. The van der Waals surface area contributed by atoms with Gasteiger partial charge in [-0.05, 0) is 29.4 Å². The van der Waals surface area contributed by atoms with Gasteiger partial charge in [0.1, 0.15) is 6.04 Å². The van der Waals surface area contributed by atoms with Gasteiger partial charge in [0.05, 0.1) is 25.4 Å². The average Bonchev–Trinajstić information content (AvgIpc) is 2.89. The van der Waals surface area contributed by atoms with Crippen LogP contribution in [-0.4, -0.2) is 41.7 Å². The van der Waals surface area contributed by atoms with Crippen LogP contribution in [0, 0.1) is 17.8 Å². The van der Waals surface area contributed by atoms with Crippen molar-refractivity contribution in [2.24, 2.45) is 23.5 Å². The van der Waals surface area contributed by atoms with E-state index in [1.807, 2.05) is 88.4 Å². The van der Waals surface area contributed by atoms with Crippen molar-refractivity contribution >= 4 is 11.8 Å². The van der Waals surface area contributed by atoms with Crippen molar-refractivity contribution in [3.05, 3.63) is 71.8 Å². The van der Waals surface area contributed by atoms with Crippen LogP contribution in [-0.2, 0) is 27.5 Å². The summed E-state index contributed by atoms with van der Waals surface area (Å²) in [5, 5.41) is 16.6. The van der Waals surface area contributed by atoms with E-state index in [1.165, 1.54) is 0 Å². The number of rotatable bonds is 15. The molecule has 36 heavy (non-hydrogen) atoms. The van der Waals surface area contributed by atoms with Crippen LogP contribution in [0.4, 0.5) is 0 Å². The van der Waals surface area contributed by atoms with Gasteiger partial charge in [0.2, 0.25) is 11.8 Å². The maximum atomic E-state index is 13.3. The summed E-state index contributed by atoms with van der Waals surface area (Å²) in [6.07, 6.45) is 0.0217. The molecule has 7 heteroatoms. The number of aliphatic hydroxyl groups is 1. The van der Waals surface area contributed by atoms with Crippen molar-refractivity contribution in [1.82, 2.24) is 10.6 Å². The average molecular weight is 498 g/mol. The third-order valence-electron chi connectivity index (χ3n) is 6.66. The van der Waals surface area contributed by atoms with Gasteiger partial charge >= 0.3 is 0 Å². The zero-order valence-corrected chi connectivity index (χ0v) is 22.0. The highest BCUT2D eigenvalue weighted by Gasteiger charge is 2.32. The summed E-state index contributed by atoms with van der Waals surface area (Å²) in [4.78, 5) is 26.3. The summed E-state index contributed by atoms with van der Waals surface area (Å²) in [5.74, 6) is -1.04. The first-order valence-electron chi connectivity index (χ1n) is 12.9. The highest BCUT2D eigenvalue weighted by molar-refractivity contribution is 5.88. The molecule has 2 aromatic carbocycles. The molecule has 0 saturated carbocycles. The molecule has 0 radical (unpaired) electrons. The molecular formula is C29H43N3O4. The number of carbonyl (C=O) groups is 2. The number of ether oxygens (including phenoxy) is 1. The highest BCUT2D eigenvalue weighted by Crippen LogP contribution is 2.20. The van der Waals surface area contributed by atoms with Crippen molar-refractivity contribution in [2.45, 2.75) is 71.9 Å². The van der Waals surface area contributed by atoms with E-state index < -0.39 is 24.1 Å². The van der Waals surface area contributed by atoms with Crippen molar-refractivity contribution in [2.75, 3.05) is 6.61 Å². The van der Waals surface area contributed by atoms with Gasteiger partial charge < -0.3 is 26.2 Å². The first kappa shape index (κ1) is 29.5. The third kappa shape index (κ3) is 9.72. The molecule has 2 amide bonds. The molecule has 0 aliphatic carbocycles. The Labute approximate surface area is 215 Å². The lowest BCUT2D eigenvalue weighted by molar-refractivity contribution is -0.134. The largest absolute Gasteiger partial charge is 0.391 e. The lowest BCUT2D eigenvalue weighted by atomic mass is 9.86. The number of aliphatic hydroxyl groups excluding tert-OH is 1. The number of benzene rings is 2. The monoisotopic (exact) mass is 497 g/mol. The van der Waals surface area contributed by atoms with Crippen molar-refractivity contribution in [3.63, 3.8) is 0 Å². The fraction of sp³-hybridized carbons (Fsp3) is 0.517. The lowest BCUT2D eigenvalue weighted by Gasteiger charge is -2.29. The van der Waals surface area contributed by atoms with E-state index in [0.717, 1.165) is 17.5 Å². The van der Waals surface area contributed by atoms with Gasteiger partial charge in [-0.1, -0.05) is 94.8 Å². The van der Waals surface area contributed by atoms with E-state index in [0.29, 0.717) is 13.2 Å². The van der Waals surface area contributed by atoms with Gasteiger partial charge in [0.25, 0.3) is 0 Å². The van der Waals surface area contributed by atoms with Crippen molar-refractivity contribution in [3.8, 4) is 0 Å². The Hall–Kier alpha value is -2.74. The molecule has 7 nitrogen and oxygen atoms in total. The summed E-state index contributed by atoms with van der Waals surface area (Å²) >= 11 is 0. The number of carbonyl (C=O) groups excluding carboxylic acids is 2. The molecule has 5 atom stereocenters. The quantitative estimate of drug-likeness (QED) is 0.301. The highest BCUT2D eigenvalue weighted by atomic mass is 16.5. The second kappa shape index (κ2) is 15.4. The zero-order valence-electron chi connectivity index (χ0n) is 22.0. The van der Waals surface area contributed by atoms with Gasteiger partial charge in [-0.25, -0.2) is 0 Å². The van der Waals surface area contributed by atoms with Gasteiger partial charge in [0.15, 0.2) is 0 Å². The summed E-state index contributed by atoms with van der Waals surface area (Å²) in [5.41, 5.74) is 8.19. The first-order chi connectivity index (χ1) is 17.2. The Bertz CT molecular complexity index is 907. The molecule has 1 unspecified atom stereocenters. The minimum absolute atomic E-state index is 0.0398. The van der Waals surface area contributed by atoms with Crippen LogP contribution in [0.2, 0.25) is 0 Å². The summed E-state index contributed by atoms with van der Waals surface area (Å²) in [6, 6.07) is 18.1. The van der Waals surface area contributed by atoms with Crippen LogP contribution < -0.4 is 16.4 Å². The third-order valence-corrected chi connectivity index (χ3v) is 6.66. The first-order valence-corrected chi connectivity index (χ1v) is 12.9. The molecule has 0 fully saturated rings. The molecular weight excluding hydrogens is 454 g/mol. The topological polar surface area (TPSA) is 114 Å². The Balaban J connectivity index is 1.94. The van der Waals surface area contributed by atoms with E-state index >= 15 is 0 Å². The maximum absolute atomic E-state index is 13.3. The van der Waals surface area contributed by atoms with Crippen LogP contribution in [0.3, 0.4) is 0 Å². The van der Waals surface area contributed by atoms with Crippen LogP contribution in [0.1, 0.15) is 51.7 Å². The number of hydrogen-bond donors (Lipinski definition) is 4. The minimum atomic E-state index is -0.909. The predicted molar refractivity (Wildman–Crippen MR) is 143 cm³/mol. The Morgan fingerprint density at radius 1 is 0.944 bits per heavy atom. The van der Waals surface area contributed by atoms with Crippen LogP contribution >= 0.6 is 0 Å². The molecule has 0 aliphatic rings. The number of nitrogens with one attached hydrogen (secondary N) is 2. The molecule has 0 heterocycles. The van der Waals surface area contributed by atoms with Gasteiger partial charge in [-0.15, -0.1) is 0 Å². The summed E-state index contributed by atoms with van der Waals surface area (Å²) in [6.45, 7) is 8.79. The fourth-order valence-electron chi connectivity index (χ4n) is 3.97. The molecule has 198 valence electrons. The Morgan fingerprint density at radius 3 is 2.08 bits per heavy atom. The molecule has 5 N–H and O–H groups in total. The molecule has 2 rings (SSSR count). The van der Waals surface area contributed by atoms with E-state index in [-0.39, 0.29) is 36.7 Å². The second-order valence-electron chi connectivity index (χ2n) is 9.89. The smallest absolute Gasteiger partial charge is 0.243 e. The number of amides is 2. The Morgan fingerprint density at radius 2 is 1.53 bits per heavy atom. The van der Waals surface area contributed by atoms with E-state index in [4.69, 9.17) is 10.5 Å². The molecule has 0 bridgehead atoms. The molecule has 2 aromatic rings. The van der Waals surface area contributed by atoms with E-state index in [9.17, 15) is 14.7 Å². The molecule has 0 spiro atoms. The van der Waals surface area contributed by atoms with Gasteiger partial charge in [-0.3, -0.25) is 9.59 Å². The second-order valence-corrected chi connectivity index (χ2v) is 9.89. The van der Waals surface area contributed by atoms with E-state index in [1.54, 1.807) is 0 Å². The van der Waals surface area contributed by atoms with Crippen LogP contribution in [0.15, 0.2) is 60.7 Å². The minimum Gasteiger partial charge on any atom is -0.391 e. The normalized spacial score (nSPS) is 15.5. The number of nitrogens with two attached hydrogens (primary N) is 1. The lowest BCUT2D eigenvalue weighted by Crippen LogP contribution is -2.52. The van der Waals surface area contributed by atoms with Crippen LogP contribution in [0.5, 0.6) is 0 Å². The SMILES string of the molecule is CCC(C)[C@H](NC(=O)[C@@H](C[C@H](O)[C@@H](N)COCc1ccccc1)C(C)C)C(=O)NCc1ccccc1. The summed E-state index contributed by atoms with van der Waals surface area (Å²) < 4.78 is 5.67. The number of hydrogen-bond acceptors (Lipinski definition) is 5. The molecule has 0 aromatic heterocycles. The zero-order chi connectivity index (χ0) is 26.5. The fourth-order valence-corrected chi connectivity index (χ4v) is 3.97. The van der Waals surface area contributed by atoms with Gasteiger partial charge in [-0.2, -0.15) is 0 Å². The van der Waals surface area contributed by atoms with E-state index in [2.05, 4.69) is 10.6 Å².